The maximum Gasteiger partial charge on any atom is 0.191 e. The van der Waals surface area contributed by atoms with E-state index in [9.17, 15) is 0 Å². The number of aliphatic imine (C=N–C) groups is 1. The quantitative estimate of drug-likeness (QED) is 0.451. The molecule has 1 aromatic carbocycles. The number of nitrogens with zero attached hydrogens (tertiary/aromatic N) is 3. The minimum absolute atomic E-state index is 0.442. The molecule has 0 spiro atoms. The van der Waals surface area contributed by atoms with Gasteiger partial charge in [-0.25, -0.2) is 0 Å². The summed E-state index contributed by atoms with van der Waals surface area (Å²) in [7, 11) is 3.39. The van der Waals surface area contributed by atoms with Gasteiger partial charge in [-0.15, -0.1) is 0 Å². The summed E-state index contributed by atoms with van der Waals surface area (Å²) in [6.45, 7) is 10.3. The van der Waals surface area contributed by atoms with Gasteiger partial charge in [0.2, 0.25) is 0 Å². The Morgan fingerprint density at radius 2 is 1.73 bits per heavy atom. The number of hydrogen-bond donors (Lipinski definition) is 2. The van der Waals surface area contributed by atoms with Crippen molar-refractivity contribution in [2.24, 2.45) is 4.99 Å². The summed E-state index contributed by atoms with van der Waals surface area (Å²) in [5.74, 6) is 2.61. The van der Waals surface area contributed by atoms with Gasteiger partial charge in [0, 0.05) is 62.1 Å². The Kier molecular flexibility index (Phi) is 8.49. The third-order valence-electron chi connectivity index (χ3n) is 6.01. The van der Waals surface area contributed by atoms with E-state index >= 15 is 0 Å². The van der Waals surface area contributed by atoms with Gasteiger partial charge in [0.15, 0.2) is 5.96 Å². The van der Waals surface area contributed by atoms with E-state index in [0.29, 0.717) is 6.04 Å². The van der Waals surface area contributed by atoms with E-state index in [4.69, 9.17) is 14.5 Å². The van der Waals surface area contributed by atoms with Crippen LogP contribution in [0.2, 0.25) is 0 Å². The fraction of sp³-hybridized carbons (Fsp3) is 0.696. The number of ether oxygens (including phenoxy) is 2. The predicted molar refractivity (Wildman–Crippen MR) is 124 cm³/mol. The summed E-state index contributed by atoms with van der Waals surface area (Å²) in [6, 6.07) is 7.33. The van der Waals surface area contributed by atoms with Gasteiger partial charge in [0.1, 0.15) is 11.5 Å². The zero-order valence-electron chi connectivity index (χ0n) is 19.1. The number of hydrogen-bond acceptors (Lipinski definition) is 5. The molecule has 1 aliphatic heterocycles. The molecule has 0 aromatic heterocycles. The van der Waals surface area contributed by atoms with Crippen LogP contribution >= 0.6 is 0 Å². The molecule has 1 saturated carbocycles. The molecule has 1 saturated heterocycles. The smallest absolute Gasteiger partial charge is 0.191 e. The number of rotatable bonds is 10. The maximum absolute atomic E-state index is 5.42. The van der Waals surface area contributed by atoms with Crippen molar-refractivity contribution < 1.29 is 9.47 Å². The lowest BCUT2D eigenvalue weighted by Gasteiger charge is -2.35. The molecule has 2 N–H and O–H groups in total. The molecule has 0 unspecified atom stereocenters. The van der Waals surface area contributed by atoms with Crippen molar-refractivity contribution in [2.75, 3.05) is 58.4 Å². The Morgan fingerprint density at radius 3 is 2.27 bits per heavy atom. The molecule has 3 rings (SSSR count). The third-order valence-corrected chi connectivity index (χ3v) is 6.01. The normalized spacial score (nSPS) is 17.9. The zero-order chi connectivity index (χ0) is 21.3. The lowest BCUT2D eigenvalue weighted by atomic mass is 10.0. The first-order valence-corrected chi connectivity index (χ1v) is 11.4. The average Bonchev–Trinajstić information content (AvgIpc) is 3.62. The Hall–Kier alpha value is -2.15. The van der Waals surface area contributed by atoms with Crippen molar-refractivity contribution in [3.05, 3.63) is 18.2 Å². The summed E-state index contributed by atoms with van der Waals surface area (Å²) in [4.78, 5) is 9.79. The number of likely N-dealkylation sites (N-methyl/N-ethyl adjacent to an activating group) is 1. The fourth-order valence-electron chi connectivity index (χ4n) is 4.10. The highest BCUT2D eigenvalue weighted by Gasteiger charge is 2.27. The summed E-state index contributed by atoms with van der Waals surface area (Å²) in [6.07, 6.45) is 4.86. The van der Waals surface area contributed by atoms with Crippen LogP contribution in [0.1, 0.15) is 39.5 Å². The Labute approximate surface area is 181 Å². The molecule has 0 radical (unpaired) electrons. The molecule has 2 fully saturated rings. The number of anilines is 1. The molecule has 0 atom stereocenters. The number of piperidine rings is 1. The highest BCUT2D eigenvalue weighted by atomic mass is 16.5. The first kappa shape index (κ1) is 22.5. The van der Waals surface area contributed by atoms with Gasteiger partial charge < -0.3 is 25.0 Å². The number of benzene rings is 1. The van der Waals surface area contributed by atoms with Gasteiger partial charge in [-0.2, -0.15) is 0 Å². The number of nitrogens with one attached hydrogen (secondary N) is 2. The highest BCUT2D eigenvalue weighted by molar-refractivity contribution is 5.80. The SMILES string of the molecule is CCNC(=NCCN(CC)C1CC1)NC1CCN(c2cc(OC)cc(OC)c2)CC1. The van der Waals surface area contributed by atoms with Gasteiger partial charge in [0.05, 0.1) is 20.8 Å². The van der Waals surface area contributed by atoms with Crippen LogP contribution in [0.15, 0.2) is 23.2 Å². The molecular formula is C23H39N5O2. The first-order chi connectivity index (χ1) is 14.7. The van der Waals surface area contributed by atoms with Crippen LogP contribution in [-0.2, 0) is 0 Å². The Balaban J connectivity index is 1.51. The van der Waals surface area contributed by atoms with Crippen LogP contribution in [-0.4, -0.2) is 76.4 Å². The van der Waals surface area contributed by atoms with Crippen molar-refractivity contribution in [3.8, 4) is 11.5 Å². The summed E-state index contributed by atoms with van der Waals surface area (Å²) in [5.41, 5.74) is 1.16. The second-order valence-corrected chi connectivity index (χ2v) is 8.10. The van der Waals surface area contributed by atoms with E-state index in [0.717, 1.165) is 81.3 Å². The molecule has 1 aliphatic carbocycles. The molecular weight excluding hydrogens is 378 g/mol. The molecule has 1 aromatic rings. The third kappa shape index (κ3) is 6.42. The van der Waals surface area contributed by atoms with E-state index in [1.165, 1.54) is 12.8 Å². The monoisotopic (exact) mass is 417 g/mol. The van der Waals surface area contributed by atoms with Crippen LogP contribution in [0.25, 0.3) is 0 Å². The predicted octanol–water partition coefficient (Wildman–Crippen LogP) is 2.71. The van der Waals surface area contributed by atoms with E-state index in [2.05, 4.69) is 46.4 Å². The second kappa shape index (κ2) is 11.3. The molecule has 7 nitrogen and oxygen atoms in total. The molecule has 0 amide bonds. The molecule has 1 heterocycles. The van der Waals surface area contributed by atoms with Crippen LogP contribution in [0.4, 0.5) is 5.69 Å². The van der Waals surface area contributed by atoms with Crippen LogP contribution < -0.4 is 25.0 Å². The Morgan fingerprint density at radius 1 is 1.07 bits per heavy atom. The van der Waals surface area contributed by atoms with Crippen molar-refractivity contribution in [1.82, 2.24) is 15.5 Å². The lowest BCUT2D eigenvalue weighted by molar-refractivity contribution is 0.286. The molecule has 30 heavy (non-hydrogen) atoms. The van der Waals surface area contributed by atoms with Crippen LogP contribution in [0, 0.1) is 0 Å². The topological polar surface area (TPSA) is 61.4 Å². The Bertz CT molecular complexity index is 662. The van der Waals surface area contributed by atoms with Crippen molar-refractivity contribution >= 4 is 11.6 Å². The first-order valence-electron chi connectivity index (χ1n) is 11.4. The molecule has 168 valence electrons. The van der Waals surface area contributed by atoms with E-state index in [-0.39, 0.29) is 0 Å². The van der Waals surface area contributed by atoms with Gasteiger partial charge >= 0.3 is 0 Å². The second-order valence-electron chi connectivity index (χ2n) is 8.10. The largest absolute Gasteiger partial charge is 0.497 e. The number of methoxy groups -OCH3 is 2. The zero-order valence-corrected chi connectivity index (χ0v) is 19.1. The minimum atomic E-state index is 0.442. The van der Waals surface area contributed by atoms with Gasteiger partial charge in [-0.05, 0) is 39.2 Å². The average molecular weight is 418 g/mol. The van der Waals surface area contributed by atoms with Gasteiger partial charge in [0.25, 0.3) is 0 Å². The van der Waals surface area contributed by atoms with E-state index in [1.807, 2.05) is 6.07 Å². The molecule has 7 heteroatoms. The fourth-order valence-corrected chi connectivity index (χ4v) is 4.10. The van der Waals surface area contributed by atoms with E-state index < -0.39 is 0 Å². The van der Waals surface area contributed by atoms with Crippen molar-refractivity contribution in [2.45, 2.75) is 51.6 Å². The maximum atomic E-state index is 5.42. The van der Waals surface area contributed by atoms with E-state index in [1.54, 1.807) is 14.2 Å². The summed E-state index contributed by atoms with van der Waals surface area (Å²) in [5, 5.41) is 7.07. The van der Waals surface area contributed by atoms with Crippen molar-refractivity contribution in [3.63, 3.8) is 0 Å². The van der Waals surface area contributed by atoms with Gasteiger partial charge in [-0.3, -0.25) is 9.89 Å². The van der Waals surface area contributed by atoms with Crippen LogP contribution in [0.5, 0.6) is 11.5 Å². The van der Waals surface area contributed by atoms with Crippen LogP contribution in [0.3, 0.4) is 0 Å². The summed E-state index contributed by atoms with van der Waals surface area (Å²) >= 11 is 0. The minimum Gasteiger partial charge on any atom is -0.497 e. The summed E-state index contributed by atoms with van der Waals surface area (Å²) < 4.78 is 10.8. The molecule has 0 bridgehead atoms. The standard InChI is InChI=1S/C23H39N5O2/c1-5-24-23(25-11-14-27(6-2)19-7-8-19)26-18-9-12-28(13-10-18)20-15-21(29-3)17-22(16-20)30-4/h15-19H,5-14H2,1-4H3,(H2,24,25,26). The lowest BCUT2D eigenvalue weighted by Crippen LogP contribution is -2.49. The number of guanidine groups is 1. The highest BCUT2D eigenvalue weighted by Crippen LogP contribution is 2.30. The van der Waals surface area contributed by atoms with Crippen molar-refractivity contribution in [1.29, 1.82) is 0 Å². The van der Waals surface area contributed by atoms with Gasteiger partial charge in [-0.1, -0.05) is 6.92 Å². The molecule has 2 aliphatic rings.